The van der Waals surface area contributed by atoms with Gasteiger partial charge >= 0.3 is 0 Å². The summed E-state index contributed by atoms with van der Waals surface area (Å²) in [7, 11) is 0. The zero-order valence-corrected chi connectivity index (χ0v) is 12.6. The van der Waals surface area contributed by atoms with E-state index in [9.17, 15) is 0 Å². The summed E-state index contributed by atoms with van der Waals surface area (Å²) in [4.78, 5) is 19.0. The van der Waals surface area contributed by atoms with Gasteiger partial charge in [0.15, 0.2) is 0 Å². The third-order valence-corrected chi connectivity index (χ3v) is 3.87. The molecule has 3 aromatic rings. The zero-order valence-electron chi connectivity index (χ0n) is 11.0. The summed E-state index contributed by atoms with van der Waals surface area (Å²) in [6.07, 6.45) is 1.75. The molecule has 0 aliphatic heterocycles. The lowest BCUT2D eigenvalue weighted by Gasteiger charge is -2.06. The Hall–Kier alpha value is -1.79. The maximum Gasteiger partial charge on any atom is 0.225 e. The minimum absolute atomic E-state index is 0.251. The standard InChI is InChI=1S/C13H12ClN5S/c1-7-5-10-11(18-13(14)19-12(10)20-7)16-6-9-3-4-15-8(2)17-9/h3-5H,6H2,1-2H3,(H,16,18,19). The predicted molar refractivity (Wildman–Crippen MR) is 81.3 cm³/mol. The van der Waals surface area contributed by atoms with E-state index in [1.54, 1.807) is 17.5 Å². The van der Waals surface area contributed by atoms with Gasteiger partial charge in [-0.05, 0) is 37.6 Å². The average molecular weight is 306 g/mol. The maximum absolute atomic E-state index is 5.96. The molecule has 102 valence electrons. The first kappa shape index (κ1) is 13.2. The van der Waals surface area contributed by atoms with Crippen LogP contribution in [0.25, 0.3) is 10.2 Å². The number of anilines is 1. The van der Waals surface area contributed by atoms with Gasteiger partial charge in [-0.1, -0.05) is 0 Å². The molecule has 0 spiro atoms. The number of hydrogen-bond acceptors (Lipinski definition) is 6. The molecule has 0 fully saturated rings. The Morgan fingerprint density at radius 3 is 2.90 bits per heavy atom. The molecule has 0 atom stereocenters. The molecule has 5 nitrogen and oxygen atoms in total. The second kappa shape index (κ2) is 5.30. The highest BCUT2D eigenvalue weighted by molar-refractivity contribution is 7.18. The number of nitrogens with zero attached hydrogens (tertiary/aromatic N) is 4. The fraction of sp³-hybridized carbons (Fsp3) is 0.231. The molecule has 0 saturated heterocycles. The molecule has 3 heterocycles. The fourth-order valence-corrected chi connectivity index (χ4v) is 3.03. The SMILES string of the molecule is Cc1nccc(CNc2nc(Cl)nc3sc(C)cc23)n1. The number of halogens is 1. The highest BCUT2D eigenvalue weighted by Crippen LogP contribution is 2.29. The van der Waals surface area contributed by atoms with E-state index in [-0.39, 0.29) is 5.28 Å². The van der Waals surface area contributed by atoms with Crippen LogP contribution in [0.5, 0.6) is 0 Å². The van der Waals surface area contributed by atoms with Gasteiger partial charge < -0.3 is 5.32 Å². The van der Waals surface area contributed by atoms with Crippen LogP contribution in [-0.4, -0.2) is 19.9 Å². The lowest BCUT2D eigenvalue weighted by molar-refractivity contribution is 0.950. The number of aromatic nitrogens is 4. The monoisotopic (exact) mass is 305 g/mol. The fourth-order valence-electron chi connectivity index (χ4n) is 1.93. The molecule has 20 heavy (non-hydrogen) atoms. The molecule has 0 aliphatic carbocycles. The van der Waals surface area contributed by atoms with Gasteiger partial charge in [0.2, 0.25) is 5.28 Å². The van der Waals surface area contributed by atoms with Crippen molar-refractivity contribution in [2.45, 2.75) is 20.4 Å². The molecule has 0 bridgehead atoms. The predicted octanol–water partition coefficient (Wildman–Crippen LogP) is 3.36. The van der Waals surface area contributed by atoms with E-state index in [1.807, 2.05) is 19.9 Å². The van der Waals surface area contributed by atoms with Crippen molar-refractivity contribution in [1.29, 1.82) is 0 Å². The summed E-state index contributed by atoms with van der Waals surface area (Å²) in [6, 6.07) is 3.93. The van der Waals surface area contributed by atoms with E-state index < -0.39 is 0 Å². The molecule has 7 heteroatoms. The van der Waals surface area contributed by atoms with Gasteiger partial charge in [0.25, 0.3) is 0 Å². The molecule has 3 rings (SSSR count). The summed E-state index contributed by atoms with van der Waals surface area (Å²) in [6.45, 7) is 4.48. The highest BCUT2D eigenvalue weighted by Gasteiger charge is 2.09. The number of aryl methyl sites for hydroxylation is 2. The van der Waals surface area contributed by atoms with Crippen LogP contribution in [0.4, 0.5) is 5.82 Å². The molecule has 0 radical (unpaired) electrons. The van der Waals surface area contributed by atoms with Crippen LogP contribution in [0, 0.1) is 13.8 Å². The highest BCUT2D eigenvalue weighted by atomic mass is 35.5. The van der Waals surface area contributed by atoms with Gasteiger partial charge in [0.1, 0.15) is 16.5 Å². The van der Waals surface area contributed by atoms with Gasteiger partial charge in [-0.15, -0.1) is 11.3 Å². The summed E-state index contributed by atoms with van der Waals surface area (Å²) in [5.41, 5.74) is 0.910. The lowest BCUT2D eigenvalue weighted by Crippen LogP contribution is -2.05. The van der Waals surface area contributed by atoms with Gasteiger partial charge in [0.05, 0.1) is 17.6 Å². The molecule has 3 aromatic heterocycles. The normalized spacial score (nSPS) is 10.9. The minimum Gasteiger partial charge on any atom is -0.364 e. The van der Waals surface area contributed by atoms with Gasteiger partial charge in [0, 0.05) is 11.1 Å². The molecule has 0 aromatic carbocycles. The first-order valence-corrected chi connectivity index (χ1v) is 7.27. The number of fused-ring (bicyclic) bond motifs is 1. The third-order valence-electron chi connectivity index (χ3n) is 2.76. The average Bonchev–Trinajstić information content (AvgIpc) is 2.76. The number of nitrogens with one attached hydrogen (secondary N) is 1. The summed E-state index contributed by atoms with van der Waals surface area (Å²) < 4.78 is 0. The Morgan fingerprint density at radius 1 is 1.25 bits per heavy atom. The van der Waals surface area contributed by atoms with Crippen LogP contribution in [0.2, 0.25) is 5.28 Å². The molecular formula is C13H12ClN5S. The van der Waals surface area contributed by atoms with Gasteiger partial charge in [-0.3, -0.25) is 0 Å². The van der Waals surface area contributed by atoms with Gasteiger partial charge in [-0.25, -0.2) is 19.9 Å². The molecule has 0 aliphatic rings. The van der Waals surface area contributed by atoms with E-state index in [0.717, 1.165) is 27.6 Å². The number of hydrogen-bond donors (Lipinski definition) is 1. The molecule has 1 N–H and O–H groups in total. The molecular weight excluding hydrogens is 294 g/mol. The van der Waals surface area contributed by atoms with Crippen molar-refractivity contribution in [3.8, 4) is 0 Å². The first-order valence-electron chi connectivity index (χ1n) is 6.08. The largest absolute Gasteiger partial charge is 0.364 e. The van der Waals surface area contributed by atoms with Crippen molar-refractivity contribution in [1.82, 2.24) is 19.9 Å². The smallest absolute Gasteiger partial charge is 0.225 e. The van der Waals surface area contributed by atoms with E-state index >= 15 is 0 Å². The molecule has 0 saturated carbocycles. The second-order valence-electron chi connectivity index (χ2n) is 4.37. The summed E-state index contributed by atoms with van der Waals surface area (Å²) in [5.74, 6) is 1.49. The van der Waals surface area contributed by atoms with Crippen LogP contribution >= 0.6 is 22.9 Å². The third kappa shape index (κ3) is 2.71. The number of rotatable bonds is 3. The Balaban J connectivity index is 1.90. The Labute approximate surface area is 125 Å². The Bertz CT molecular complexity index is 771. The zero-order chi connectivity index (χ0) is 14.1. The van der Waals surface area contributed by atoms with Crippen molar-refractivity contribution >= 4 is 39.0 Å². The summed E-state index contributed by atoms with van der Waals surface area (Å²) >= 11 is 7.56. The minimum atomic E-state index is 0.251. The number of thiophene rings is 1. The molecule has 0 amide bonds. The van der Waals surface area contributed by atoms with E-state index in [1.165, 1.54) is 4.88 Å². The topological polar surface area (TPSA) is 63.6 Å². The van der Waals surface area contributed by atoms with Crippen LogP contribution < -0.4 is 5.32 Å². The van der Waals surface area contributed by atoms with Crippen LogP contribution in [-0.2, 0) is 6.54 Å². The van der Waals surface area contributed by atoms with E-state index in [4.69, 9.17) is 11.6 Å². The quantitative estimate of drug-likeness (QED) is 0.752. The van der Waals surface area contributed by atoms with Crippen molar-refractivity contribution in [3.05, 3.63) is 40.0 Å². The van der Waals surface area contributed by atoms with Crippen LogP contribution in [0.15, 0.2) is 18.3 Å². The van der Waals surface area contributed by atoms with Crippen molar-refractivity contribution in [2.75, 3.05) is 5.32 Å². The van der Waals surface area contributed by atoms with Gasteiger partial charge in [-0.2, -0.15) is 0 Å². The first-order chi connectivity index (χ1) is 9.61. The van der Waals surface area contributed by atoms with E-state index in [2.05, 4.69) is 31.3 Å². The van der Waals surface area contributed by atoms with Crippen LogP contribution in [0.1, 0.15) is 16.4 Å². The van der Waals surface area contributed by atoms with Crippen molar-refractivity contribution < 1.29 is 0 Å². The lowest BCUT2D eigenvalue weighted by atomic mass is 10.3. The van der Waals surface area contributed by atoms with Crippen molar-refractivity contribution in [3.63, 3.8) is 0 Å². The molecule has 0 unspecified atom stereocenters. The van der Waals surface area contributed by atoms with Crippen LogP contribution in [0.3, 0.4) is 0 Å². The maximum atomic E-state index is 5.96. The van der Waals surface area contributed by atoms with E-state index in [0.29, 0.717) is 6.54 Å². The Morgan fingerprint density at radius 2 is 2.10 bits per heavy atom. The van der Waals surface area contributed by atoms with Crippen molar-refractivity contribution in [2.24, 2.45) is 0 Å². The Kier molecular flexibility index (Phi) is 3.50. The summed E-state index contributed by atoms with van der Waals surface area (Å²) in [5, 5.41) is 4.51. The second-order valence-corrected chi connectivity index (χ2v) is 5.94.